The molecule has 27 heavy (non-hydrogen) atoms. The van der Waals surface area contributed by atoms with Crippen molar-refractivity contribution in [2.45, 2.75) is 38.5 Å². The van der Waals surface area contributed by atoms with Crippen LogP contribution in [0.1, 0.15) is 58.7 Å². The van der Waals surface area contributed by atoms with Crippen molar-refractivity contribution in [1.29, 1.82) is 0 Å². The second kappa shape index (κ2) is 5.49. The summed E-state index contributed by atoms with van der Waals surface area (Å²) in [6, 6.07) is 13.6. The van der Waals surface area contributed by atoms with E-state index in [1.54, 1.807) is 0 Å². The summed E-state index contributed by atoms with van der Waals surface area (Å²) in [7, 11) is 0. The first-order valence-corrected chi connectivity index (χ1v) is 9.38. The SMILES string of the molecule is CC1(C)CCCc2c1ccc1c2-c2nc(-c3ccccc3)[nH]c2C(=O)C1=O. The Hall–Kier alpha value is -3.01. The Bertz CT molecular complexity index is 1110. The van der Waals surface area contributed by atoms with E-state index < -0.39 is 11.6 Å². The van der Waals surface area contributed by atoms with Crippen molar-refractivity contribution in [2.24, 2.45) is 0 Å². The highest BCUT2D eigenvalue weighted by atomic mass is 16.2. The Balaban J connectivity index is 1.80. The van der Waals surface area contributed by atoms with E-state index in [1.165, 1.54) is 11.1 Å². The van der Waals surface area contributed by atoms with Crippen LogP contribution in [0.4, 0.5) is 0 Å². The topological polar surface area (TPSA) is 62.8 Å². The highest BCUT2D eigenvalue weighted by Gasteiger charge is 2.38. The van der Waals surface area contributed by atoms with Crippen LogP contribution in [-0.2, 0) is 11.8 Å². The van der Waals surface area contributed by atoms with Crippen molar-refractivity contribution in [3.63, 3.8) is 0 Å². The number of aromatic nitrogens is 2. The lowest BCUT2D eigenvalue weighted by atomic mass is 9.69. The summed E-state index contributed by atoms with van der Waals surface area (Å²) < 4.78 is 0. The van der Waals surface area contributed by atoms with Gasteiger partial charge >= 0.3 is 0 Å². The van der Waals surface area contributed by atoms with Crippen LogP contribution >= 0.6 is 0 Å². The molecule has 0 fully saturated rings. The summed E-state index contributed by atoms with van der Waals surface area (Å²) in [5.41, 5.74) is 5.71. The summed E-state index contributed by atoms with van der Waals surface area (Å²) in [4.78, 5) is 33.4. The van der Waals surface area contributed by atoms with E-state index in [0.29, 0.717) is 22.8 Å². The van der Waals surface area contributed by atoms with Crippen molar-refractivity contribution in [1.82, 2.24) is 9.97 Å². The molecule has 2 aromatic carbocycles. The van der Waals surface area contributed by atoms with Gasteiger partial charge in [0.25, 0.3) is 5.78 Å². The standard InChI is InChI=1S/C23H20N2O2/c1-23(2)12-6-9-14-16(23)11-10-15-17(14)18-19(21(27)20(15)26)25-22(24-18)13-7-4-3-5-8-13/h3-5,7-8,10-11H,6,9,12H2,1-2H3,(H,24,25). The van der Waals surface area contributed by atoms with Gasteiger partial charge in [-0.3, -0.25) is 9.59 Å². The maximum atomic E-state index is 12.8. The molecule has 1 N–H and O–H groups in total. The van der Waals surface area contributed by atoms with Gasteiger partial charge < -0.3 is 4.98 Å². The largest absolute Gasteiger partial charge is 0.335 e. The second-order valence-electron chi connectivity index (χ2n) is 8.08. The van der Waals surface area contributed by atoms with Crippen LogP contribution in [0.15, 0.2) is 42.5 Å². The van der Waals surface area contributed by atoms with Crippen molar-refractivity contribution < 1.29 is 9.59 Å². The van der Waals surface area contributed by atoms with Gasteiger partial charge in [0, 0.05) is 16.7 Å². The molecule has 1 aromatic heterocycles. The number of aromatic amines is 1. The lowest BCUT2D eigenvalue weighted by Gasteiger charge is -2.34. The van der Waals surface area contributed by atoms with Crippen LogP contribution in [0.5, 0.6) is 0 Å². The predicted octanol–water partition coefficient (Wildman–Crippen LogP) is 4.74. The quantitative estimate of drug-likeness (QED) is 0.641. The third kappa shape index (κ3) is 2.26. The lowest BCUT2D eigenvalue weighted by Crippen LogP contribution is -2.28. The van der Waals surface area contributed by atoms with Gasteiger partial charge in [-0.15, -0.1) is 0 Å². The zero-order valence-electron chi connectivity index (χ0n) is 15.4. The van der Waals surface area contributed by atoms with Gasteiger partial charge in [0.05, 0.1) is 0 Å². The molecule has 0 spiro atoms. The third-order valence-electron chi connectivity index (χ3n) is 5.94. The number of hydrogen-bond acceptors (Lipinski definition) is 3. The number of hydrogen-bond donors (Lipinski definition) is 1. The fourth-order valence-electron chi connectivity index (χ4n) is 4.53. The molecular formula is C23H20N2O2. The molecule has 0 saturated carbocycles. The maximum Gasteiger partial charge on any atom is 0.251 e. The van der Waals surface area contributed by atoms with E-state index in [2.05, 4.69) is 18.8 Å². The highest BCUT2D eigenvalue weighted by molar-refractivity contribution is 6.52. The molecule has 134 valence electrons. The summed E-state index contributed by atoms with van der Waals surface area (Å²) in [5.74, 6) is -0.309. The average Bonchev–Trinajstić information content (AvgIpc) is 3.11. The molecule has 0 radical (unpaired) electrons. The molecule has 4 nitrogen and oxygen atoms in total. The Morgan fingerprint density at radius 3 is 2.56 bits per heavy atom. The Morgan fingerprint density at radius 1 is 1.00 bits per heavy atom. The number of fused-ring (bicyclic) bond motifs is 5. The second-order valence-corrected chi connectivity index (χ2v) is 8.08. The number of Topliss-reactive ketones (excluding diaryl/α,β-unsaturated/α-hetero) is 2. The molecule has 5 rings (SSSR count). The number of imidazole rings is 1. The molecule has 0 atom stereocenters. The van der Waals surface area contributed by atoms with Crippen LogP contribution in [0, 0.1) is 0 Å². The highest BCUT2D eigenvalue weighted by Crippen LogP contribution is 2.45. The number of rotatable bonds is 1. The first kappa shape index (κ1) is 16.2. The number of carbonyl (C=O) groups is 2. The average molecular weight is 356 g/mol. The number of nitrogens with one attached hydrogen (secondary N) is 1. The molecule has 0 amide bonds. The molecule has 0 saturated heterocycles. The van der Waals surface area contributed by atoms with Crippen molar-refractivity contribution in [3.05, 3.63) is 64.8 Å². The third-order valence-corrected chi connectivity index (χ3v) is 5.94. The monoisotopic (exact) mass is 356 g/mol. The molecule has 0 unspecified atom stereocenters. The zero-order valence-corrected chi connectivity index (χ0v) is 15.4. The number of ketones is 2. The predicted molar refractivity (Wildman–Crippen MR) is 104 cm³/mol. The van der Waals surface area contributed by atoms with E-state index >= 15 is 0 Å². The van der Waals surface area contributed by atoms with Crippen LogP contribution in [0.2, 0.25) is 0 Å². The van der Waals surface area contributed by atoms with E-state index in [9.17, 15) is 9.59 Å². The lowest BCUT2D eigenvalue weighted by molar-refractivity contribution is 0.0812. The number of benzene rings is 2. The molecule has 0 bridgehead atoms. The normalized spacial score (nSPS) is 17.3. The first-order valence-electron chi connectivity index (χ1n) is 9.38. The smallest absolute Gasteiger partial charge is 0.251 e. The molecule has 2 aliphatic rings. The van der Waals surface area contributed by atoms with Crippen molar-refractivity contribution in [2.75, 3.05) is 0 Å². The molecule has 3 aromatic rings. The van der Waals surface area contributed by atoms with E-state index in [4.69, 9.17) is 4.98 Å². The maximum absolute atomic E-state index is 12.8. The van der Waals surface area contributed by atoms with E-state index in [-0.39, 0.29) is 5.41 Å². The van der Waals surface area contributed by atoms with Crippen LogP contribution < -0.4 is 0 Å². The zero-order chi connectivity index (χ0) is 18.8. The van der Waals surface area contributed by atoms with Crippen molar-refractivity contribution >= 4 is 11.6 Å². The van der Waals surface area contributed by atoms with Crippen LogP contribution in [-0.4, -0.2) is 21.5 Å². The van der Waals surface area contributed by atoms with E-state index in [0.717, 1.165) is 30.4 Å². The minimum atomic E-state index is -0.498. The van der Waals surface area contributed by atoms with Gasteiger partial charge in [-0.2, -0.15) is 0 Å². The summed E-state index contributed by atoms with van der Waals surface area (Å²) in [5, 5.41) is 0. The minimum Gasteiger partial charge on any atom is -0.335 e. The molecule has 1 heterocycles. The molecule has 4 heteroatoms. The first-order chi connectivity index (χ1) is 13.0. The van der Waals surface area contributed by atoms with Gasteiger partial charge in [0.1, 0.15) is 17.2 Å². The fraction of sp³-hybridized carbons (Fsp3) is 0.261. The van der Waals surface area contributed by atoms with Gasteiger partial charge in [0.15, 0.2) is 0 Å². The Kier molecular flexibility index (Phi) is 3.29. The number of nitrogens with zero attached hydrogens (tertiary/aromatic N) is 1. The van der Waals surface area contributed by atoms with Gasteiger partial charge in [0.2, 0.25) is 5.78 Å². The number of carbonyl (C=O) groups excluding carboxylic acids is 2. The summed E-state index contributed by atoms with van der Waals surface area (Å²) >= 11 is 0. The van der Waals surface area contributed by atoms with Gasteiger partial charge in [-0.1, -0.05) is 50.2 Å². The fourth-order valence-corrected chi connectivity index (χ4v) is 4.53. The van der Waals surface area contributed by atoms with Gasteiger partial charge in [-0.25, -0.2) is 4.98 Å². The number of H-pyrrole nitrogens is 1. The summed E-state index contributed by atoms with van der Waals surface area (Å²) in [6.45, 7) is 4.49. The molecular weight excluding hydrogens is 336 g/mol. The summed E-state index contributed by atoms with van der Waals surface area (Å²) in [6.07, 6.45) is 3.11. The van der Waals surface area contributed by atoms with Crippen LogP contribution in [0.25, 0.3) is 22.6 Å². The molecule has 2 aliphatic carbocycles. The van der Waals surface area contributed by atoms with Crippen LogP contribution in [0.3, 0.4) is 0 Å². The van der Waals surface area contributed by atoms with Crippen molar-refractivity contribution in [3.8, 4) is 22.6 Å². The van der Waals surface area contributed by atoms with Gasteiger partial charge in [-0.05, 0) is 41.9 Å². The van der Waals surface area contributed by atoms with E-state index in [1.807, 2.05) is 42.5 Å². The minimum absolute atomic E-state index is 0.0614. The Labute approximate surface area is 157 Å². The molecule has 0 aliphatic heterocycles. The Morgan fingerprint density at radius 2 is 1.78 bits per heavy atom.